The van der Waals surface area contributed by atoms with Crippen molar-refractivity contribution in [1.82, 2.24) is 4.57 Å². The molecule has 1 aromatic heterocycles. The first kappa shape index (κ1) is 23.6. The summed E-state index contributed by atoms with van der Waals surface area (Å²) >= 11 is 0. The lowest BCUT2D eigenvalue weighted by Gasteiger charge is -2.23. The minimum absolute atomic E-state index is 0.218. The standard InChI is InChI=1S/C29H31NO4/c1-29(2,19-8-7-12-21-10-5-4-6-11-21)20-26(31)30-25-14-9-13-24(27(25)34-28(30)32)22-15-17-23(33-3)18-16-22/h4-6,9-11,13-18H,7-8,12,19-20H2,1-3H3. The van der Waals surface area contributed by atoms with Crippen molar-refractivity contribution < 1.29 is 13.9 Å². The van der Waals surface area contributed by atoms with Crippen LogP contribution in [0.2, 0.25) is 0 Å². The zero-order valence-corrected chi connectivity index (χ0v) is 20.0. The van der Waals surface area contributed by atoms with Crippen molar-refractivity contribution in [2.45, 2.75) is 46.0 Å². The van der Waals surface area contributed by atoms with Gasteiger partial charge in [0.2, 0.25) is 5.91 Å². The quantitative estimate of drug-likeness (QED) is 0.261. The average Bonchev–Trinajstić information content (AvgIpc) is 3.18. The Morgan fingerprint density at radius 2 is 1.68 bits per heavy atom. The van der Waals surface area contributed by atoms with Crippen molar-refractivity contribution in [2.75, 3.05) is 7.11 Å². The lowest BCUT2D eigenvalue weighted by molar-refractivity contribution is 0.0836. The number of aromatic nitrogens is 1. The van der Waals surface area contributed by atoms with Gasteiger partial charge in [-0.15, -0.1) is 0 Å². The fourth-order valence-corrected chi connectivity index (χ4v) is 4.43. The van der Waals surface area contributed by atoms with E-state index in [-0.39, 0.29) is 17.7 Å². The van der Waals surface area contributed by atoms with Crippen molar-refractivity contribution in [3.63, 3.8) is 0 Å². The number of methoxy groups -OCH3 is 1. The van der Waals surface area contributed by atoms with Crippen LogP contribution in [-0.2, 0) is 6.42 Å². The van der Waals surface area contributed by atoms with Crippen LogP contribution >= 0.6 is 0 Å². The van der Waals surface area contributed by atoms with Gasteiger partial charge in [-0.2, -0.15) is 0 Å². The van der Waals surface area contributed by atoms with Crippen LogP contribution in [0.25, 0.3) is 22.2 Å². The first-order valence-electron chi connectivity index (χ1n) is 11.7. The molecule has 0 saturated carbocycles. The maximum atomic E-state index is 13.2. The second kappa shape index (κ2) is 10.1. The number of oxazole rings is 1. The predicted molar refractivity (Wildman–Crippen MR) is 135 cm³/mol. The molecule has 4 rings (SSSR count). The highest BCUT2D eigenvalue weighted by atomic mass is 16.5. The molecule has 1 heterocycles. The van der Waals surface area contributed by atoms with Gasteiger partial charge in [-0.05, 0) is 54.0 Å². The maximum Gasteiger partial charge on any atom is 0.426 e. The maximum absolute atomic E-state index is 13.2. The summed E-state index contributed by atoms with van der Waals surface area (Å²) < 4.78 is 12.0. The van der Waals surface area contributed by atoms with E-state index in [1.165, 1.54) is 10.1 Å². The Bertz CT molecular complexity index is 1310. The van der Waals surface area contributed by atoms with Crippen LogP contribution in [0, 0.1) is 5.41 Å². The van der Waals surface area contributed by atoms with Crippen molar-refractivity contribution in [2.24, 2.45) is 5.41 Å². The van der Waals surface area contributed by atoms with Gasteiger partial charge in [-0.25, -0.2) is 9.36 Å². The summed E-state index contributed by atoms with van der Waals surface area (Å²) in [5, 5.41) is 0. The van der Waals surface area contributed by atoms with E-state index in [0.29, 0.717) is 11.1 Å². The van der Waals surface area contributed by atoms with Gasteiger partial charge >= 0.3 is 5.76 Å². The molecule has 0 aliphatic carbocycles. The summed E-state index contributed by atoms with van der Waals surface area (Å²) in [6.07, 6.45) is 4.32. The lowest BCUT2D eigenvalue weighted by atomic mass is 9.83. The Kier molecular flexibility index (Phi) is 7.01. The first-order chi connectivity index (χ1) is 16.4. The molecule has 0 atom stereocenters. The van der Waals surface area contributed by atoms with E-state index in [9.17, 15) is 9.59 Å². The van der Waals surface area contributed by atoms with Gasteiger partial charge in [0, 0.05) is 12.0 Å². The minimum atomic E-state index is -0.638. The molecule has 3 aromatic carbocycles. The van der Waals surface area contributed by atoms with E-state index >= 15 is 0 Å². The molecule has 5 heteroatoms. The Morgan fingerprint density at radius 3 is 2.38 bits per heavy atom. The van der Waals surface area contributed by atoms with E-state index in [1.807, 2.05) is 42.5 Å². The fraction of sp³-hybridized carbons (Fsp3) is 0.310. The molecule has 0 saturated heterocycles. The number of carbonyl (C=O) groups is 1. The number of benzene rings is 3. The van der Waals surface area contributed by atoms with Crippen LogP contribution in [0.15, 0.2) is 82.0 Å². The summed E-state index contributed by atoms with van der Waals surface area (Å²) in [7, 11) is 1.62. The number of unbranched alkanes of at least 4 members (excludes halogenated alkanes) is 1. The van der Waals surface area contributed by atoms with Crippen molar-refractivity contribution in [3.05, 3.63) is 88.9 Å². The smallest absolute Gasteiger partial charge is 0.426 e. The van der Waals surface area contributed by atoms with Crippen LogP contribution in [0.5, 0.6) is 5.75 Å². The van der Waals surface area contributed by atoms with E-state index < -0.39 is 5.76 Å². The molecule has 5 nitrogen and oxygen atoms in total. The molecule has 0 aliphatic heterocycles. The monoisotopic (exact) mass is 457 g/mol. The third-order valence-corrected chi connectivity index (χ3v) is 6.30. The van der Waals surface area contributed by atoms with Crippen LogP contribution in [0.1, 0.15) is 49.9 Å². The second-order valence-electron chi connectivity index (χ2n) is 9.51. The SMILES string of the molecule is COc1ccc(-c2cccc3c2oc(=O)n3C(=O)CC(C)(C)CCCCc2ccccc2)cc1. The Morgan fingerprint density at radius 1 is 0.941 bits per heavy atom. The number of hydrogen-bond donors (Lipinski definition) is 0. The van der Waals surface area contributed by atoms with E-state index in [4.69, 9.17) is 9.15 Å². The summed E-state index contributed by atoms with van der Waals surface area (Å²) in [6, 6.07) is 23.5. The molecule has 0 N–H and O–H groups in total. The summed E-state index contributed by atoms with van der Waals surface area (Å²) in [6.45, 7) is 4.17. The van der Waals surface area contributed by atoms with Gasteiger partial charge in [0.05, 0.1) is 12.6 Å². The molecule has 4 aromatic rings. The van der Waals surface area contributed by atoms with E-state index in [1.54, 1.807) is 13.2 Å². The van der Waals surface area contributed by atoms with Gasteiger partial charge in [-0.3, -0.25) is 4.79 Å². The predicted octanol–water partition coefficient (Wildman–Crippen LogP) is 6.74. The largest absolute Gasteiger partial charge is 0.497 e. The normalized spacial score (nSPS) is 11.6. The van der Waals surface area contributed by atoms with Crippen molar-refractivity contribution in [1.29, 1.82) is 0 Å². The molecule has 0 unspecified atom stereocenters. The zero-order valence-electron chi connectivity index (χ0n) is 20.0. The highest BCUT2D eigenvalue weighted by Gasteiger charge is 2.26. The molecule has 176 valence electrons. The average molecular weight is 458 g/mol. The van der Waals surface area contributed by atoms with Crippen molar-refractivity contribution >= 4 is 17.0 Å². The highest BCUT2D eigenvalue weighted by molar-refractivity contribution is 5.96. The van der Waals surface area contributed by atoms with Gasteiger partial charge < -0.3 is 9.15 Å². The molecule has 0 aliphatic rings. The van der Waals surface area contributed by atoms with Gasteiger partial charge in [0.15, 0.2) is 5.58 Å². The topological polar surface area (TPSA) is 61.4 Å². The first-order valence-corrected chi connectivity index (χ1v) is 11.7. The Labute approximate surface area is 200 Å². The third-order valence-electron chi connectivity index (χ3n) is 6.30. The molecular formula is C29H31NO4. The number of nitrogens with zero attached hydrogens (tertiary/aromatic N) is 1. The molecule has 0 fully saturated rings. The van der Waals surface area contributed by atoms with Gasteiger partial charge in [0.1, 0.15) is 5.75 Å². The molecule has 0 spiro atoms. The number of carbonyl (C=O) groups excluding carboxylic acids is 1. The number of ether oxygens (including phenoxy) is 1. The molecular weight excluding hydrogens is 426 g/mol. The van der Waals surface area contributed by atoms with Gasteiger partial charge in [0.25, 0.3) is 0 Å². The third kappa shape index (κ3) is 5.30. The second-order valence-corrected chi connectivity index (χ2v) is 9.51. The van der Waals surface area contributed by atoms with Crippen molar-refractivity contribution in [3.8, 4) is 16.9 Å². The van der Waals surface area contributed by atoms with E-state index in [0.717, 1.165) is 42.6 Å². The summed E-state index contributed by atoms with van der Waals surface area (Å²) in [5.41, 5.74) is 3.70. The molecule has 0 amide bonds. The lowest BCUT2D eigenvalue weighted by Crippen LogP contribution is -2.27. The molecule has 0 bridgehead atoms. The summed E-state index contributed by atoms with van der Waals surface area (Å²) in [4.78, 5) is 26.0. The number of fused-ring (bicyclic) bond motifs is 1. The molecule has 0 radical (unpaired) electrons. The number of rotatable bonds is 9. The Hall–Kier alpha value is -3.60. The van der Waals surface area contributed by atoms with Crippen LogP contribution < -0.4 is 10.5 Å². The minimum Gasteiger partial charge on any atom is -0.497 e. The molecule has 34 heavy (non-hydrogen) atoms. The van der Waals surface area contributed by atoms with Crippen LogP contribution in [-0.4, -0.2) is 17.6 Å². The number of aryl methyl sites for hydroxylation is 1. The van der Waals surface area contributed by atoms with E-state index in [2.05, 4.69) is 38.1 Å². The van der Waals surface area contributed by atoms with Gasteiger partial charge in [-0.1, -0.05) is 74.9 Å². The van der Waals surface area contributed by atoms with Crippen LogP contribution in [0.3, 0.4) is 0 Å². The zero-order chi connectivity index (χ0) is 24.1. The number of hydrogen-bond acceptors (Lipinski definition) is 4. The summed E-state index contributed by atoms with van der Waals surface area (Å²) in [5.74, 6) is -0.124. The number of para-hydroxylation sites is 1. The highest BCUT2D eigenvalue weighted by Crippen LogP contribution is 2.32. The fourth-order valence-electron chi connectivity index (χ4n) is 4.43. The Balaban J connectivity index is 1.48. The van der Waals surface area contributed by atoms with Crippen LogP contribution in [0.4, 0.5) is 0 Å².